The van der Waals surface area contributed by atoms with Gasteiger partial charge in [0.15, 0.2) is 0 Å². The van der Waals surface area contributed by atoms with Crippen molar-refractivity contribution in [2.75, 3.05) is 0 Å². The molecule has 66 valence electrons. The Morgan fingerprint density at radius 3 is 2.85 bits per heavy atom. The minimum absolute atomic E-state index is 0.0524. The molecule has 4 nitrogen and oxygen atoms in total. The van der Waals surface area contributed by atoms with Crippen LogP contribution >= 0.6 is 11.5 Å². The zero-order chi connectivity index (χ0) is 9.26. The molecule has 2 aromatic heterocycles. The van der Waals surface area contributed by atoms with Crippen molar-refractivity contribution in [3.8, 4) is 10.6 Å². The molecule has 0 aliphatic rings. The van der Waals surface area contributed by atoms with Crippen molar-refractivity contribution in [3.05, 3.63) is 30.2 Å². The van der Waals surface area contributed by atoms with Gasteiger partial charge in [-0.3, -0.25) is 0 Å². The molecule has 0 unspecified atom stereocenters. The van der Waals surface area contributed by atoms with Gasteiger partial charge in [-0.1, -0.05) is 0 Å². The highest BCUT2D eigenvalue weighted by Crippen LogP contribution is 2.24. The lowest BCUT2D eigenvalue weighted by atomic mass is 10.4. The summed E-state index contributed by atoms with van der Waals surface area (Å²) in [5.74, 6) is -0.570. The Morgan fingerprint density at radius 2 is 2.31 bits per heavy atom. The number of aromatic carboxylic acids is 1. The number of carbonyl (C=O) groups is 1. The summed E-state index contributed by atoms with van der Waals surface area (Å²) < 4.78 is 8.95. The van der Waals surface area contributed by atoms with Crippen LogP contribution in [0.3, 0.4) is 0 Å². The number of aromatic nitrogens is 1. The van der Waals surface area contributed by atoms with Crippen LogP contribution in [0.1, 0.15) is 10.6 Å². The van der Waals surface area contributed by atoms with Gasteiger partial charge >= 0.3 is 5.97 Å². The summed E-state index contributed by atoms with van der Waals surface area (Å²) in [7, 11) is 0. The van der Waals surface area contributed by atoms with Crippen LogP contribution < -0.4 is 0 Å². The lowest BCUT2D eigenvalue weighted by molar-refractivity contribution is 0.0663. The van der Waals surface area contributed by atoms with Crippen LogP contribution in [0.4, 0.5) is 0 Å². The van der Waals surface area contributed by atoms with Crippen LogP contribution in [-0.2, 0) is 0 Å². The van der Waals surface area contributed by atoms with Gasteiger partial charge in [-0.05, 0) is 29.7 Å². The molecule has 0 aromatic carbocycles. The second-order valence-corrected chi connectivity index (χ2v) is 3.18. The van der Waals surface area contributed by atoms with Gasteiger partial charge in [0.25, 0.3) is 0 Å². The average molecular weight is 195 g/mol. The fourth-order valence-corrected chi connectivity index (χ4v) is 1.48. The van der Waals surface area contributed by atoms with Gasteiger partial charge in [0.1, 0.15) is 5.76 Å². The quantitative estimate of drug-likeness (QED) is 0.797. The second-order valence-electron chi connectivity index (χ2n) is 2.35. The van der Waals surface area contributed by atoms with Gasteiger partial charge in [-0.25, -0.2) is 9.17 Å². The van der Waals surface area contributed by atoms with Crippen LogP contribution in [0.5, 0.6) is 0 Å². The third kappa shape index (κ3) is 1.46. The van der Waals surface area contributed by atoms with Gasteiger partial charge in [-0.15, -0.1) is 0 Å². The Bertz CT molecular complexity index is 418. The van der Waals surface area contributed by atoms with Crippen LogP contribution in [0.2, 0.25) is 0 Å². The predicted octanol–water partition coefficient (Wildman–Crippen LogP) is 2.10. The third-order valence-corrected chi connectivity index (χ3v) is 2.26. The lowest BCUT2D eigenvalue weighted by Gasteiger charge is -1.87. The van der Waals surface area contributed by atoms with E-state index in [0.717, 1.165) is 4.88 Å². The molecule has 2 aromatic rings. The van der Waals surface area contributed by atoms with E-state index in [4.69, 9.17) is 9.52 Å². The normalized spacial score (nSPS) is 10.2. The summed E-state index contributed by atoms with van der Waals surface area (Å²) in [6.45, 7) is 0. The van der Waals surface area contributed by atoms with E-state index < -0.39 is 5.97 Å². The maximum atomic E-state index is 10.5. The van der Waals surface area contributed by atoms with Crippen molar-refractivity contribution in [1.82, 2.24) is 4.37 Å². The monoisotopic (exact) mass is 195 g/mol. The third-order valence-electron chi connectivity index (χ3n) is 1.50. The molecule has 0 bridgehead atoms. The molecule has 0 fully saturated rings. The zero-order valence-electron chi connectivity index (χ0n) is 6.43. The van der Waals surface area contributed by atoms with E-state index in [-0.39, 0.29) is 5.76 Å². The molecule has 0 radical (unpaired) electrons. The molecule has 1 N–H and O–H groups in total. The first-order valence-electron chi connectivity index (χ1n) is 3.51. The molecule has 13 heavy (non-hydrogen) atoms. The van der Waals surface area contributed by atoms with E-state index in [1.165, 1.54) is 17.6 Å². The summed E-state index contributed by atoms with van der Waals surface area (Å²) >= 11 is 1.26. The first-order valence-corrected chi connectivity index (χ1v) is 4.29. The first kappa shape index (κ1) is 8.00. The maximum Gasteiger partial charge on any atom is 0.371 e. The number of hydrogen-bond donors (Lipinski definition) is 1. The molecular formula is C8H5NO3S. The molecule has 0 saturated carbocycles. The number of carboxylic acids is 1. The minimum Gasteiger partial charge on any atom is -0.475 e. The number of furan rings is 1. The van der Waals surface area contributed by atoms with Crippen molar-refractivity contribution in [2.45, 2.75) is 0 Å². The minimum atomic E-state index is -1.06. The highest BCUT2D eigenvalue weighted by atomic mass is 32.1. The van der Waals surface area contributed by atoms with E-state index in [9.17, 15) is 4.79 Å². The van der Waals surface area contributed by atoms with Gasteiger partial charge in [0.2, 0.25) is 5.76 Å². The van der Waals surface area contributed by atoms with Gasteiger partial charge in [0.05, 0.1) is 4.88 Å². The van der Waals surface area contributed by atoms with Gasteiger partial charge in [0, 0.05) is 6.20 Å². The smallest absolute Gasteiger partial charge is 0.371 e. The summed E-state index contributed by atoms with van der Waals surface area (Å²) in [6.07, 6.45) is 1.64. The predicted molar refractivity (Wildman–Crippen MR) is 46.8 cm³/mol. The maximum absolute atomic E-state index is 10.5. The molecule has 2 heterocycles. The van der Waals surface area contributed by atoms with E-state index in [1.807, 2.05) is 0 Å². The molecule has 0 atom stereocenters. The molecule has 5 heteroatoms. The van der Waals surface area contributed by atoms with E-state index in [2.05, 4.69) is 4.37 Å². The van der Waals surface area contributed by atoms with Crippen molar-refractivity contribution in [2.24, 2.45) is 0 Å². The molecular weight excluding hydrogens is 190 g/mol. The Kier molecular flexibility index (Phi) is 1.86. The fourth-order valence-electron chi connectivity index (χ4n) is 0.928. The summed E-state index contributed by atoms with van der Waals surface area (Å²) in [6, 6.07) is 4.82. The Labute approximate surface area is 77.6 Å². The topological polar surface area (TPSA) is 63.3 Å². The first-order chi connectivity index (χ1) is 6.27. The highest BCUT2D eigenvalue weighted by molar-refractivity contribution is 7.09. The molecule has 0 amide bonds. The van der Waals surface area contributed by atoms with Crippen molar-refractivity contribution in [1.29, 1.82) is 0 Å². The van der Waals surface area contributed by atoms with Crippen LogP contribution in [-0.4, -0.2) is 15.4 Å². The summed E-state index contributed by atoms with van der Waals surface area (Å²) in [5, 5.41) is 8.59. The lowest BCUT2D eigenvalue weighted by Crippen LogP contribution is -1.91. The second kappa shape index (κ2) is 3.02. The molecule has 0 aliphatic heterocycles. The molecule has 0 aliphatic carbocycles. The van der Waals surface area contributed by atoms with Crippen LogP contribution in [0.25, 0.3) is 10.6 Å². The number of hydrogen-bond acceptors (Lipinski definition) is 4. The SMILES string of the molecule is O=C(O)c1ccc(-c2ccns2)o1. The number of rotatable bonds is 2. The molecule has 0 saturated heterocycles. The fraction of sp³-hybridized carbons (Fsp3) is 0. The van der Waals surface area contributed by atoms with Crippen molar-refractivity contribution < 1.29 is 14.3 Å². The Balaban J connectivity index is 2.39. The van der Waals surface area contributed by atoms with Crippen molar-refractivity contribution >= 4 is 17.5 Å². The summed E-state index contributed by atoms with van der Waals surface area (Å²) in [4.78, 5) is 11.3. The molecule has 2 rings (SSSR count). The zero-order valence-corrected chi connectivity index (χ0v) is 7.25. The Hall–Kier alpha value is -1.62. The van der Waals surface area contributed by atoms with E-state index in [0.29, 0.717) is 5.76 Å². The largest absolute Gasteiger partial charge is 0.475 e. The number of nitrogens with zero attached hydrogens (tertiary/aromatic N) is 1. The highest BCUT2D eigenvalue weighted by Gasteiger charge is 2.10. The van der Waals surface area contributed by atoms with E-state index in [1.54, 1.807) is 18.3 Å². The van der Waals surface area contributed by atoms with Gasteiger partial charge < -0.3 is 9.52 Å². The van der Waals surface area contributed by atoms with E-state index >= 15 is 0 Å². The average Bonchev–Trinajstić information content (AvgIpc) is 2.75. The standard InChI is InChI=1S/C8H5NO3S/c10-8(11)6-2-1-5(12-6)7-3-4-9-13-7/h1-4H,(H,10,11). The van der Waals surface area contributed by atoms with Gasteiger partial charge in [-0.2, -0.15) is 0 Å². The number of carboxylic acid groups (broad SMARTS) is 1. The van der Waals surface area contributed by atoms with Crippen molar-refractivity contribution in [3.63, 3.8) is 0 Å². The molecule has 0 spiro atoms. The Morgan fingerprint density at radius 1 is 1.46 bits per heavy atom. The van der Waals surface area contributed by atoms with Crippen LogP contribution in [0.15, 0.2) is 28.8 Å². The van der Waals surface area contributed by atoms with Crippen LogP contribution in [0, 0.1) is 0 Å². The summed E-state index contributed by atoms with van der Waals surface area (Å²) in [5.41, 5.74) is 0.